The third-order valence-electron chi connectivity index (χ3n) is 2.95. The van der Waals surface area contributed by atoms with E-state index in [0.29, 0.717) is 12.1 Å². The summed E-state index contributed by atoms with van der Waals surface area (Å²) in [5.74, 6) is 0. The number of piperazine rings is 1. The van der Waals surface area contributed by atoms with E-state index < -0.39 is 0 Å². The number of aromatic nitrogens is 2. The summed E-state index contributed by atoms with van der Waals surface area (Å²) in [6.45, 7) is 9.75. The Hall–Kier alpha value is -1.03. The minimum Gasteiger partial charge on any atom is -0.364 e. The number of hydrogen-bond donors (Lipinski definition) is 1. The molecule has 4 nitrogen and oxygen atoms in total. The summed E-state index contributed by atoms with van der Waals surface area (Å²) in [6, 6.07) is 1.00. The predicted molar refractivity (Wildman–Crippen MR) is 62.3 cm³/mol. The molecule has 84 valence electrons. The number of hydrogen-bond acceptors (Lipinski definition) is 3. The van der Waals surface area contributed by atoms with Gasteiger partial charge in [0.05, 0.1) is 11.9 Å². The second-order valence-electron chi connectivity index (χ2n) is 4.52. The van der Waals surface area contributed by atoms with Gasteiger partial charge in [-0.1, -0.05) is 0 Å². The second kappa shape index (κ2) is 4.23. The zero-order valence-corrected chi connectivity index (χ0v) is 9.77. The van der Waals surface area contributed by atoms with E-state index in [9.17, 15) is 0 Å². The number of nitrogens with zero attached hydrogens (tertiary/aromatic N) is 3. The largest absolute Gasteiger partial charge is 0.364 e. The topological polar surface area (TPSA) is 33.1 Å². The molecule has 2 rings (SSSR count). The Bertz CT molecular complexity index is 318. The van der Waals surface area contributed by atoms with Crippen LogP contribution in [0.15, 0.2) is 12.4 Å². The maximum atomic E-state index is 4.38. The van der Waals surface area contributed by atoms with Crippen LogP contribution >= 0.6 is 0 Å². The predicted octanol–water partition coefficient (Wildman–Crippen LogP) is 1.26. The molecule has 1 aliphatic heterocycles. The molecule has 1 aromatic heterocycles. The number of nitrogens with one attached hydrogen (secondary N) is 1. The molecule has 0 radical (unpaired) electrons. The SMILES string of the molecule is CC1CNCCN1c1cnn(C(C)C)c1. The highest BCUT2D eigenvalue weighted by atomic mass is 15.3. The van der Waals surface area contributed by atoms with Crippen LogP contribution in [0, 0.1) is 0 Å². The molecule has 1 atom stereocenters. The Morgan fingerprint density at radius 1 is 1.53 bits per heavy atom. The summed E-state index contributed by atoms with van der Waals surface area (Å²) in [5.41, 5.74) is 1.25. The van der Waals surface area contributed by atoms with Crippen molar-refractivity contribution in [3.8, 4) is 0 Å². The molecular weight excluding hydrogens is 188 g/mol. The van der Waals surface area contributed by atoms with Gasteiger partial charge in [0.1, 0.15) is 0 Å². The fourth-order valence-electron chi connectivity index (χ4n) is 1.98. The van der Waals surface area contributed by atoms with Crippen LogP contribution in [0.25, 0.3) is 0 Å². The summed E-state index contributed by atoms with van der Waals surface area (Å²) in [4.78, 5) is 2.42. The Morgan fingerprint density at radius 2 is 2.33 bits per heavy atom. The molecule has 1 N–H and O–H groups in total. The monoisotopic (exact) mass is 208 g/mol. The molecule has 0 spiro atoms. The average molecular weight is 208 g/mol. The molecule has 0 amide bonds. The zero-order chi connectivity index (χ0) is 10.8. The fraction of sp³-hybridized carbons (Fsp3) is 0.727. The molecule has 0 aliphatic carbocycles. The van der Waals surface area contributed by atoms with Crippen molar-refractivity contribution in [1.82, 2.24) is 15.1 Å². The molecule has 1 unspecified atom stereocenters. The lowest BCUT2D eigenvalue weighted by molar-refractivity contribution is 0.499. The van der Waals surface area contributed by atoms with Gasteiger partial charge in [-0.05, 0) is 20.8 Å². The standard InChI is InChI=1S/C11H20N4/c1-9(2)15-8-11(7-13-15)14-5-4-12-6-10(14)3/h7-10,12H,4-6H2,1-3H3. The van der Waals surface area contributed by atoms with Gasteiger partial charge >= 0.3 is 0 Å². The Kier molecular flexibility index (Phi) is 2.95. The first-order chi connectivity index (χ1) is 7.18. The summed E-state index contributed by atoms with van der Waals surface area (Å²) in [5, 5.41) is 7.77. The van der Waals surface area contributed by atoms with Crippen LogP contribution < -0.4 is 10.2 Å². The van der Waals surface area contributed by atoms with E-state index in [0.717, 1.165) is 19.6 Å². The van der Waals surface area contributed by atoms with Gasteiger partial charge in [-0.2, -0.15) is 5.10 Å². The smallest absolute Gasteiger partial charge is 0.0755 e. The van der Waals surface area contributed by atoms with Crippen LogP contribution in [0.1, 0.15) is 26.8 Å². The Balaban J connectivity index is 2.13. The van der Waals surface area contributed by atoms with Gasteiger partial charge < -0.3 is 10.2 Å². The van der Waals surface area contributed by atoms with Crippen LogP contribution in [0.4, 0.5) is 5.69 Å². The fourth-order valence-corrected chi connectivity index (χ4v) is 1.98. The van der Waals surface area contributed by atoms with E-state index in [2.05, 4.69) is 42.3 Å². The lowest BCUT2D eigenvalue weighted by Crippen LogP contribution is -2.49. The van der Waals surface area contributed by atoms with Crippen molar-refractivity contribution in [3.05, 3.63) is 12.4 Å². The van der Waals surface area contributed by atoms with Crippen molar-refractivity contribution >= 4 is 5.69 Å². The van der Waals surface area contributed by atoms with Gasteiger partial charge in [-0.3, -0.25) is 4.68 Å². The molecule has 4 heteroatoms. The highest BCUT2D eigenvalue weighted by Gasteiger charge is 2.19. The van der Waals surface area contributed by atoms with E-state index in [-0.39, 0.29) is 0 Å². The quantitative estimate of drug-likeness (QED) is 0.794. The van der Waals surface area contributed by atoms with Gasteiger partial charge in [0, 0.05) is 37.9 Å². The van der Waals surface area contributed by atoms with Crippen molar-refractivity contribution in [2.75, 3.05) is 24.5 Å². The van der Waals surface area contributed by atoms with Crippen LogP contribution in [-0.4, -0.2) is 35.5 Å². The lowest BCUT2D eigenvalue weighted by atomic mass is 10.2. The zero-order valence-electron chi connectivity index (χ0n) is 9.77. The molecule has 1 saturated heterocycles. The van der Waals surface area contributed by atoms with Crippen LogP contribution in [0.2, 0.25) is 0 Å². The van der Waals surface area contributed by atoms with E-state index in [1.54, 1.807) is 0 Å². The Labute approximate surface area is 91.3 Å². The van der Waals surface area contributed by atoms with Gasteiger partial charge in [-0.25, -0.2) is 0 Å². The first-order valence-corrected chi connectivity index (χ1v) is 5.70. The first-order valence-electron chi connectivity index (χ1n) is 5.70. The minimum absolute atomic E-state index is 0.442. The molecule has 1 aliphatic rings. The maximum Gasteiger partial charge on any atom is 0.0755 e. The minimum atomic E-state index is 0.442. The van der Waals surface area contributed by atoms with Crippen LogP contribution in [0.3, 0.4) is 0 Å². The van der Waals surface area contributed by atoms with E-state index in [1.807, 2.05) is 10.9 Å². The first kappa shape index (κ1) is 10.5. The van der Waals surface area contributed by atoms with E-state index >= 15 is 0 Å². The van der Waals surface area contributed by atoms with Crippen molar-refractivity contribution in [2.24, 2.45) is 0 Å². The third-order valence-corrected chi connectivity index (χ3v) is 2.95. The van der Waals surface area contributed by atoms with E-state index in [4.69, 9.17) is 0 Å². The summed E-state index contributed by atoms with van der Waals surface area (Å²) < 4.78 is 2.02. The highest BCUT2D eigenvalue weighted by molar-refractivity contribution is 5.44. The normalized spacial score (nSPS) is 22.4. The van der Waals surface area contributed by atoms with Gasteiger partial charge in [0.25, 0.3) is 0 Å². The lowest BCUT2D eigenvalue weighted by Gasteiger charge is -2.34. The number of rotatable bonds is 2. The van der Waals surface area contributed by atoms with Gasteiger partial charge in [-0.15, -0.1) is 0 Å². The van der Waals surface area contributed by atoms with Crippen molar-refractivity contribution in [2.45, 2.75) is 32.9 Å². The van der Waals surface area contributed by atoms with Crippen molar-refractivity contribution in [3.63, 3.8) is 0 Å². The molecule has 1 fully saturated rings. The summed E-state index contributed by atoms with van der Waals surface area (Å²) in [6.07, 6.45) is 4.12. The summed E-state index contributed by atoms with van der Waals surface area (Å²) >= 11 is 0. The summed E-state index contributed by atoms with van der Waals surface area (Å²) in [7, 11) is 0. The molecule has 1 aromatic rings. The third kappa shape index (κ3) is 2.15. The number of anilines is 1. The molecule has 0 saturated carbocycles. The molecular formula is C11H20N4. The van der Waals surface area contributed by atoms with E-state index in [1.165, 1.54) is 5.69 Å². The van der Waals surface area contributed by atoms with Crippen molar-refractivity contribution in [1.29, 1.82) is 0 Å². The van der Waals surface area contributed by atoms with Gasteiger partial charge in [0.15, 0.2) is 0 Å². The molecule has 0 aromatic carbocycles. The highest BCUT2D eigenvalue weighted by Crippen LogP contribution is 2.18. The average Bonchev–Trinajstić information content (AvgIpc) is 2.67. The second-order valence-corrected chi connectivity index (χ2v) is 4.52. The molecule has 2 heterocycles. The van der Waals surface area contributed by atoms with Gasteiger partial charge in [0.2, 0.25) is 0 Å². The Morgan fingerprint density at radius 3 is 2.93 bits per heavy atom. The molecule has 15 heavy (non-hydrogen) atoms. The van der Waals surface area contributed by atoms with Crippen LogP contribution in [0.5, 0.6) is 0 Å². The van der Waals surface area contributed by atoms with Crippen molar-refractivity contribution < 1.29 is 0 Å². The van der Waals surface area contributed by atoms with Crippen LogP contribution in [-0.2, 0) is 0 Å². The maximum absolute atomic E-state index is 4.38. The molecule has 0 bridgehead atoms.